The van der Waals surface area contributed by atoms with Crippen molar-refractivity contribution in [3.63, 3.8) is 0 Å². The molecule has 0 fully saturated rings. The van der Waals surface area contributed by atoms with E-state index in [0.717, 1.165) is 6.54 Å². The van der Waals surface area contributed by atoms with Gasteiger partial charge in [-0.3, -0.25) is 0 Å². The molecule has 0 atom stereocenters. The molecule has 0 aliphatic rings. The molecular formula is C15H21I2N3Pt. The molecule has 0 N–H and O–H groups in total. The van der Waals surface area contributed by atoms with E-state index in [1.165, 1.54) is 14.9 Å². The molecule has 2 aromatic rings. The van der Waals surface area contributed by atoms with Gasteiger partial charge in [-0.1, -0.05) is 29.8 Å². The third kappa shape index (κ3) is 7.10. The zero-order valence-electron chi connectivity index (χ0n) is 12.7. The largest absolute Gasteiger partial charge is 0.184 e. The standard InChI is InChI=1S/C8H9I2N.C7H12N2.Pt/c1-7-2-4-8(5-3-7)6-11(9)10;1-7(2)9-5-4-8(3)6-9;/h2-5H,6H2,1H3;4-5,7H,1-3H3;. The first-order valence-corrected chi connectivity index (χ1v) is 9.71. The monoisotopic (exact) mass is 692 g/mol. The van der Waals surface area contributed by atoms with Crippen molar-refractivity contribution < 1.29 is 19.4 Å². The van der Waals surface area contributed by atoms with E-state index in [1.807, 2.05) is 0 Å². The normalized spacial score (nSPS) is 10.8. The molecule has 0 aliphatic carbocycles. The van der Waals surface area contributed by atoms with Crippen molar-refractivity contribution in [2.45, 2.75) is 33.4 Å². The Hall–Kier alpha value is 0.538. The summed E-state index contributed by atoms with van der Waals surface area (Å²) in [6.07, 6.45) is 4.18. The molecule has 0 saturated heterocycles. The van der Waals surface area contributed by atoms with Crippen LogP contribution in [0.25, 0.3) is 0 Å². The van der Waals surface area contributed by atoms with Crippen LogP contribution in [-0.4, -0.2) is 10.5 Å². The van der Waals surface area contributed by atoms with Crippen molar-refractivity contribution in [1.29, 1.82) is 0 Å². The van der Waals surface area contributed by atoms with Crippen LogP contribution in [0.15, 0.2) is 36.7 Å². The predicted molar refractivity (Wildman–Crippen MR) is 102 cm³/mol. The van der Waals surface area contributed by atoms with Crippen LogP contribution in [0.3, 0.4) is 0 Å². The quantitative estimate of drug-likeness (QED) is 0.327. The molecular weight excluding hydrogens is 671 g/mol. The maximum atomic E-state index is 2.33. The second kappa shape index (κ2) is 9.63. The molecule has 120 valence electrons. The Morgan fingerprint density at radius 3 is 2.05 bits per heavy atom. The summed E-state index contributed by atoms with van der Waals surface area (Å²) in [5, 5.41) is 0. The van der Waals surface area contributed by atoms with E-state index >= 15 is 0 Å². The molecule has 1 aromatic heterocycles. The SMILES string of the molecule is CC(C)n1ccn(C)[c]1=[Pt].Cc1ccc(CN(I)I)cc1. The Bertz CT molecular complexity index is 600. The molecule has 0 radical (unpaired) electrons. The first-order chi connectivity index (χ1) is 9.81. The van der Waals surface area contributed by atoms with Gasteiger partial charge in [-0.15, -0.1) is 0 Å². The fourth-order valence-electron chi connectivity index (χ4n) is 1.67. The van der Waals surface area contributed by atoms with Crippen LogP contribution in [0, 0.1) is 10.7 Å². The van der Waals surface area contributed by atoms with E-state index in [2.05, 4.69) is 140 Å². The number of aromatic nitrogens is 2. The molecule has 0 unspecified atom stereocenters. The summed E-state index contributed by atoms with van der Waals surface area (Å²) < 4.78 is 7.73. The van der Waals surface area contributed by atoms with Gasteiger partial charge in [-0.25, -0.2) is 0 Å². The smallest absolute Gasteiger partial charge is 0.0435 e. The predicted octanol–water partition coefficient (Wildman–Crippen LogP) is 4.98. The first kappa shape index (κ1) is 19.6. The zero-order chi connectivity index (χ0) is 16.0. The number of halogens is 2. The van der Waals surface area contributed by atoms with Crippen molar-refractivity contribution in [1.82, 2.24) is 10.5 Å². The molecule has 1 heterocycles. The molecule has 0 aliphatic heterocycles. The van der Waals surface area contributed by atoms with Gasteiger partial charge in [0.1, 0.15) is 0 Å². The van der Waals surface area contributed by atoms with Gasteiger partial charge in [0.2, 0.25) is 0 Å². The third-order valence-electron chi connectivity index (χ3n) is 2.90. The molecule has 2 rings (SSSR count). The molecule has 0 amide bonds. The molecule has 21 heavy (non-hydrogen) atoms. The average molecular weight is 692 g/mol. The number of benzene rings is 1. The van der Waals surface area contributed by atoms with E-state index in [9.17, 15) is 0 Å². The van der Waals surface area contributed by atoms with Crippen molar-refractivity contribution >= 4 is 45.7 Å². The topological polar surface area (TPSA) is 13.1 Å². The van der Waals surface area contributed by atoms with Gasteiger partial charge in [0.05, 0.1) is 0 Å². The van der Waals surface area contributed by atoms with Crippen molar-refractivity contribution in [3.8, 4) is 0 Å². The van der Waals surface area contributed by atoms with E-state index in [1.54, 1.807) is 0 Å². The number of imidazole rings is 1. The Morgan fingerprint density at radius 1 is 1.14 bits per heavy atom. The number of rotatable bonds is 3. The number of nitrogens with zero attached hydrogens (tertiary/aromatic N) is 3. The van der Waals surface area contributed by atoms with Gasteiger partial charge in [0.15, 0.2) is 0 Å². The Labute approximate surface area is 166 Å². The molecule has 0 bridgehead atoms. The van der Waals surface area contributed by atoms with E-state index in [0.29, 0.717) is 6.04 Å². The van der Waals surface area contributed by atoms with E-state index in [-0.39, 0.29) is 0 Å². The second-order valence-corrected chi connectivity index (χ2v) is 10.3. The third-order valence-corrected chi connectivity index (χ3v) is 4.97. The summed E-state index contributed by atoms with van der Waals surface area (Å²) in [6, 6.07) is 9.19. The van der Waals surface area contributed by atoms with Crippen LogP contribution < -0.4 is 0 Å². The minimum atomic E-state index is 0.564. The summed E-state index contributed by atoms with van der Waals surface area (Å²) in [4.78, 5) is 0. The maximum Gasteiger partial charge on any atom is 0.0435 e. The van der Waals surface area contributed by atoms with Crippen molar-refractivity contribution in [2.75, 3.05) is 0 Å². The van der Waals surface area contributed by atoms with Crippen LogP contribution in [-0.2, 0) is 32.9 Å². The molecule has 1 aromatic carbocycles. The summed E-state index contributed by atoms with van der Waals surface area (Å²) in [5.74, 6) is 0. The first-order valence-electron chi connectivity index (χ1n) is 6.64. The number of hydrogen-bond acceptors (Lipinski definition) is 1. The fraction of sp³-hybridized carbons (Fsp3) is 0.400. The van der Waals surface area contributed by atoms with Gasteiger partial charge >= 0.3 is 71.6 Å². The number of hydrogen-bond donors (Lipinski definition) is 0. The van der Waals surface area contributed by atoms with Crippen LogP contribution >= 0.6 is 45.7 Å². The number of aryl methyl sites for hydroxylation is 2. The zero-order valence-corrected chi connectivity index (χ0v) is 19.2. The molecule has 0 spiro atoms. The van der Waals surface area contributed by atoms with Crippen LogP contribution in [0.1, 0.15) is 31.0 Å². The van der Waals surface area contributed by atoms with Gasteiger partial charge in [0, 0.05) is 52.3 Å². The second-order valence-electron chi connectivity index (χ2n) is 5.10. The fourth-order valence-corrected chi connectivity index (χ4v) is 3.38. The van der Waals surface area contributed by atoms with E-state index < -0.39 is 0 Å². The molecule has 0 saturated carbocycles. The Morgan fingerprint density at radius 2 is 1.71 bits per heavy atom. The van der Waals surface area contributed by atoms with Crippen molar-refractivity contribution in [3.05, 3.63) is 51.6 Å². The van der Waals surface area contributed by atoms with Gasteiger partial charge < -0.3 is 0 Å². The Balaban J connectivity index is 0.000000211. The van der Waals surface area contributed by atoms with Crippen LogP contribution in [0.4, 0.5) is 0 Å². The van der Waals surface area contributed by atoms with Gasteiger partial charge in [0.25, 0.3) is 0 Å². The van der Waals surface area contributed by atoms with Crippen molar-refractivity contribution in [2.24, 2.45) is 7.05 Å². The summed E-state index contributed by atoms with van der Waals surface area (Å²) in [5.41, 5.74) is 2.68. The summed E-state index contributed by atoms with van der Waals surface area (Å²) in [6.45, 7) is 7.47. The Kier molecular flexibility index (Phi) is 8.98. The average Bonchev–Trinajstić information content (AvgIpc) is 2.73. The van der Waals surface area contributed by atoms with E-state index in [4.69, 9.17) is 0 Å². The minimum Gasteiger partial charge on any atom is -0.184 e. The summed E-state index contributed by atoms with van der Waals surface area (Å²) >= 11 is 6.87. The molecule has 6 heteroatoms. The summed E-state index contributed by atoms with van der Waals surface area (Å²) in [7, 11) is 2.06. The maximum absolute atomic E-state index is 2.33. The van der Waals surface area contributed by atoms with Gasteiger partial charge in [-0.05, 0) is 12.5 Å². The van der Waals surface area contributed by atoms with Crippen LogP contribution in [0.5, 0.6) is 0 Å². The minimum absolute atomic E-state index is 0.564. The van der Waals surface area contributed by atoms with Gasteiger partial charge in [-0.2, -0.15) is 1.33 Å². The molecule has 3 nitrogen and oxygen atoms in total. The van der Waals surface area contributed by atoms with Crippen LogP contribution in [0.2, 0.25) is 0 Å².